The lowest BCUT2D eigenvalue weighted by Crippen LogP contribution is -2.66. The van der Waals surface area contributed by atoms with E-state index in [1.165, 1.54) is 7.05 Å². The molecule has 3 N–H and O–H groups in total. The second kappa shape index (κ2) is 17.1. The minimum atomic E-state index is -0.971. The van der Waals surface area contributed by atoms with Crippen LogP contribution in [0.15, 0.2) is 53.5 Å². The summed E-state index contributed by atoms with van der Waals surface area (Å²) < 4.78 is 23.4. The molecular formula is C45H52ClFN10O6. The lowest BCUT2D eigenvalue weighted by Gasteiger charge is -2.57. The molecule has 9 rings (SSSR count). The smallest absolute Gasteiger partial charge is 0.293 e. The summed E-state index contributed by atoms with van der Waals surface area (Å²) in [5.41, 5.74) is 3.03. The Hall–Kier alpha value is -5.81. The first-order chi connectivity index (χ1) is 30.3. The van der Waals surface area contributed by atoms with Crippen LogP contribution in [0.5, 0.6) is 5.75 Å². The number of fused-ring (bicyclic) bond motifs is 2. The number of aromatic nitrogens is 3. The minimum absolute atomic E-state index is 0.0805. The van der Waals surface area contributed by atoms with E-state index in [1.54, 1.807) is 27.8 Å². The van der Waals surface area contributed by atoms with Gasteiger partial charge in [-0.15, -0.1) is 0 Å². The number of piperidine rings is 3. The SMILES string of the molecule is CNC(=O)COc1cc2cc(Nc3nc(N4CCC(CN5CCC6(CN(c7cccc8c7CN(C7CCC(=O)NC7=O)C8=O)C6)C(F)C5)CC4)ncc3Cl)ccc2n(C(C)C)c1=O. The zero-order valence-corrected chi connectivity index (χ0v) is 36.4. The number of nitrogens with zero attached hydrogens (tertiary/aromatic N) is 7. The van der Waals surface area contributed by atoms with Crippen LogP contribution in [0.4, 0.5) is 27.5 Å². The number of alkyl halides is 1. The number of halogens is 2. The molecule has 16 nitrogen and oxygen atoms in total. The number of pyridine rings is 1. The van der Waals surface area contributed by atoms with Crippen molar-refractivity contribution in [2.45, 2.75) is 70.8 Å². The van der Waals surface area contributed by atoms with E-state index in [9.17, 15) is 24.0 Å². The summed E-state index contributed by atoms with van der Waals surface area (Å²) in [5.74, 6) is 0.207. The van der Waals surface area contributed by atoms with Crippen molar-refractivity contribution in [3.63, 3.8) is 0 Å². The lowest BCUT2D eigenvalue weighted by molar-refractivity contribution is -0.137. The summed E-state index contributed by atoms with van der Waals surface area (Å²) in [7, 11) is 1.51. The molecule has 1 spiro atoms. The van der Waals surface area contributed by atoms with Gasteiger partial charge in [-0.05, 0) is 88.4 Å². The Bertz CT molecular complexity index is 2540. The van der Waals surface area contributed by atoms with E-state index in [2.05, 4.69) is 35.6 Å². The highest BCUT2D eigenvalue weighted by Gasteiger charge is 2.53. The number of anilines is 4. The van der Waals surface area contributed by atoms with Gasteiger partial charge in [-0.25, -0.2) is 9.37 Å². The molecule has 2 aromatic heterocycles. The number of likely N-dealkylation sites (tertiary alicyclic amines) is 1. The first-order valence-electron chi connectivity index (χ1n) is 21.8. The summed E-state index contributed by atoms with van der Waals surface area (Å²) in [5, 5.41) is 9.28. The van der Waals surface area contributed by atoms with Crippen LogP contribution in [0.3, 0.4) is 0 Å². The highest BCUT2D eigenvalue weighted by atomic mass is 35.5. The van der Waals surface area contributed by atoms with Gasteiger partial charge in [0.05, 0.1) is 11.7 Å². The maximum atomic E-state index is 16.2. The molecule has 7 heterocycles. The number of ether oxygens (including phenoxy) is 1. The summed E-state index contributed by atoms with van der Waals surface area (Å²) >= 11 is 6.60. The molecule has 2 unspecified atom stereocenters. The van der Waals surface area contributed by atoms with E-state index >= 15 is 4.39 Å². The molecule has 63 heavy (non-hydrogen) atoms. The Morgan fingerprint density at radius 1 is 1.05 bits per heavy atom. The normalized spacial score (nSPS) is 21.5. The molecule has 4 amide bonds. The van der Waals surface area contributed by atoms with Crippen molar-refractivity contribution in [2.24, 2.45) is 11.3 Å². The van der Waals surface area contributed by atoms with Crippen molar-refractivity contribution in [3.8, 4) is 5.75 Å². The lowest BCUT2D eigenvalue weighted by atomic mass is 9.70. The number of amides is 4. The van der Waals surface area contributed by atoms with Crippen LogP contribution in [0.1, 0.15) is 67.9 Å². The first kappa shape index (κ1) is 42.5. The largest absolute Gasteiger partial charge is 0.478 e. The van der Waals surface area contributed by atoms with E-state index in [4.69, 9.17) is 21.3 Å². The number of imide groups is 1. The standard InChI is InChI=1S/C45H52ClFN10O6/c1-26(2)57-33-8-7-29(17-28(33)18-36(43(57)62)63-23-39(59)48-3)50-40-32(46)19-49-44(52-40)54-14-11-27(12-15-54)20-53-16-13-45(37(47)22-53)24-55(25-45)34-6-4-5-30-31(34)21-56(42(30)61)35-9-10-38(58)51-41(35)60/h4-8,17-19,26-27,35,37H,9-16,20-25H2,1-3H3,(H,48,59)(H,49,50,52)(H,51,58,60). The minimum Gasteiger partial charge on any atom is -0.478 e. The predicted molar refractivity (Wildman–Crippen MR) is 237 cm³/mol. The van der Waals surface area contributed by atoms with Crippen molar-refractivity contribution >= 4 is 69.3 Å². The fraction of sp³-hybridized carbons (Fsp3) is 0.489. The zero-order valence-electron chi connectivity index (χ0n) is 35.7. The van der Waals surface area contributed by atoms with Crippen molar-refractivity contribution in [3.05, 3.63) is 75.2 Å². The summed E-state index contributed by atoms with van der Waals surface area (Å²) in [6.07, 6.45) is 3.73. The molecule has 4 fully saturated rings. The quantitative estimate of drug-likeness (QED) is 0.181. The highest BCUT2D eigenvalue weighted by Crippen LogP contribution is 2.47. The topological polar surface area (TPSA) is 174 Å². The number of hydrogen-bond acceptors (Lipinski definition) is 12. The number of likely N-dealkylation sites (N-methyl/N-ethyl adjacent to an activating group) is 1. The number of nitrogens with one attached hydrogen (secondary N) is 3. The van der Waals surface area contributed by atoms with Crippen molar-refractivity contribution in [1.82, 2.24) is 35.0 Å². The molecule has 4 aromatic rings. The number of hydrogen-bond donors (Lipinski definition) is 3. The number of rotatable bonds is 11. The molecule has 2 atom stereocenters. The van der Waals surface area contributed by atoms with Gasteiger partial charge in [0.15, 0.2) is 18.2 Å². The molecule has 5 aliphatic rings. The molecule has 0 saturated carbocycles. The van der Waals surface area contributed by atoms with Crippen LogP contribution in [0.25, 0.3) is 10.9 Å². The molecule has 0 bridgehead atoms. The highest BCUT2D eigenvalue weighted by molar-refractivity contribution is 6.33. The van der Waals surface area contributed by atoms with Crippen LogP contribution >= 0.6 is 11.6 Å². The van der Waals surface area contributed by atoms with Crippen LogP contribution in [0, 0.1) is 11.3 Å². The van der Waals surface area contributed by atoms with Gasteiger partial charge < -0.3 is 39.5 Å². The van der Waals surface area contributed by atoms with Gasteiger partial charge in [0, 0.05) is 98.6 Å². The Morgan fingerprint density at radius 2 is 1.84 bits per heavy atom. The first-order valence-corrected chi connectivity index (χ1v) is 22.1. The number of carbonyl (C=O) groups is 4. The van der Waals surface area contributed by atoms with Crippen molar-refractivity contribution in [1.29, 1.82) is 0 Å². The van der Waals surface area contributed by atoms with Gasteiger partial charge in [-0.1, -0.05) is 17.7 Å². The van der Waals surface area contributed by atoms with Crippen LogP contribution < -0.4 is 36.0 Å². The molecule has 18 heteroatoms. The van der Waals surface area contributed by atoms with Gasteiger partial charge in [0.2, 0.25) is 17.8 Å². The van der Waals surface area contributed by atoms with Crippen LogP contribution in [-0.2, 0) is 20.9 Å². The molecule has 4 saturated heterocycles. The Morgan fingerprint density at radius 3 is 2.57 bits per heavy atom. The Labute approximate surface area is 369 Å². The summed E-state index contributed by atoms with van der Waals surface area (Å²) in [4.78, 5) is 80.3. The molecule has 0 radical (unpaired) electrons. The second-order valence-electron chi connectivity index (χ2n) is 17.8. The molecular weight excluding hydrogens is 831 g/mol. The molecule has 332 valence electrons. The number of carbonyl (C=O) groups excluding carboxylic acids is 4. The van der Waals surface area contributed by atoms with Gasteiger partial charge in [0.25, 0.3) is 17.4 Å². The van der Waals surface area contributed by atoms with E-state index in [-0.39, 0.29) is 48.1 Å². The van der Waals surface area contributed by atoms with Gasteiger partial charge in [0.1, 0.15) is 17.2 Å². The average molecular weight is 883 g/mol. The molecule has 0 aliphatic carbocycles. The third-order valence-corrected chi connectivity index (χ3v) is 13.8. The third-order valence-electron chi connectivity index (χ3n) is 13.5. The Balaban J connectivity index is 0.784. The monoisotopic (exact) mass is 882 g/mol. The Kier molecular flexibility index (Phi) is 11.5. The fourth-order valence-corrected chi connectivity index (χ4v) is 10.1. The van der Waals surface area contributed by atoms with E-state index in [0.717, 1.165) is 67.6 Å². The van der Waals surface area contributed by atoms with Crippen molar-refractivity contribution < 1.29 is 28.3 Å². The third kappa shape index (κ3) is 8.16. The van der Waals surface area contributed by atoms with Crippen molar-refractivity contribution in [2.75, 3.05) is 74.6 Å². The summed E-state index contributed by atoms with van der Waals surface area (Å²) in [6.45, 7) is 8.58. The second-order valence-corrected chi connectivity index (χ2v) is 18.2. The maximum absolute atomic E-state index is 16.2. The molecule has 2 aromatic carbocycles. The maximum Gasteiger partial charge on any atom is 0.293 e. The van der Waals surface area contributed by atoms with Gasteiger partial charge >= 0.3 is 0 Å². The summed E-state index contributed by atoms with van der Waals surface area (Å²) in [6, 6.07) is 12.0. The van der Waals surface area contributed by atoms with E-state index in [0.29, 0.717) is 66.6 Å². The molecule has 5 aliphatic heterocycles. The van der Waals surface area contributed by atoms with Crippen LogP contribution in [-0.4, -0.2) is 120 Å². The van der Waals surface area contributed by atoms with Crippen LogP contribution in [0.2, 0.25) is 5.02 Å². The average Bonchev–Trinajstić information content (AvgIpc) is 3.59. The fourth-order valence-electron chi connectivity index (χ4n) is 9.97. The van der Waals surface area contributed by atoms with E-state index in [1.807, 2.05) is 44.2 Å². The zero-order chi connectivity index (χ0) is 44.2. The van der Waals surface area contributed by atoms with E-state index < -0.39 is 23.5 Å². The van der Waals surface area contributed by atoms with Gasteiger partial charge in [-0.2, -0.15) is 4.98 Å². The predicted octanol–water partition coefficient (Wildman–Crippen LogP) is 4.42. The van der Waals surface area contributed by atoms with Gasteiger partial charge in [-0.3, -0.25) is 29.3 Å². The number of benzene rings is 2.